The molecule has 2 rings (SSSR count). The van der Waals surface area contributed by atoms with Crippen LogP contribution in [0.15, 0.2) is 48.5 Å². The van der Waals surface area contributed by atoms with Crippen LogP contribution in [0.4, 0.5) is 0 Å². The number of carbonyl (C=O) groups excluding carboxylic acids is 2. The summed E-state index contributed by atoms with van der Waals surface area (Å²) in [4.78, 5) is 23.7. The van der Waals surface area contributed by atoms with E-state index >= 15 is 0 Å². The Morgan fingerprint density at radius 2 is 1.68 bits per heavy atom. The van der Waals surface area contributed by atoms with Crippen LogP contribution in [-0.4, -0.2) is 11.9 Å². The molecule has 0 aliphatic heterocycles. The molecule has 0 aliphatic rings. The van der Waals surface area contributed by atoms with E-state index in [1.54, 1.807) is 30.3 Å². The minimum atomic E-state index is -0.401. The van der Waals surface area contributed by atoms with E-state index in [9.17, 15) is 9.59 Å². The highest BCUT2D eigenvalue weighted by atomic mass is 35.5. The fourth-order valence-corrected chi connectivity index (χ4v) is 2.52. The fourth-order valence-electron chi connectivity index (χ4n) is 2.34. The van der Waals surface area contributed by atoms with E-state index in [0.717, 1.165) is 18.4 Å². The van der Waals surface area contributed by atoms with Crippen molar-refractivity contribution in [2.45, 2.75) is 39.0 Å². The number of para-hydroxylation sites is 1. The quantitative estimate of drug-likeness (QED) is 0.492. The summed E-state index contributed by atoms with van der Waals surface area (Å²) in [5.41, 5.74) is 1.01. The maximum Gasteiger partial charge on any atom is 0.311 e. The second kappa shape index (κ2) is 9.84. The van der Waals surface area contributed by atoms with Crippen LogP contribution in [0.1, 0.15) is 38.2 Å². The van der Waals surface area contributed by atoms with Crippen LogP contribution in [0.2, 0.25) is 5.02 Å². The van der Waals surface area contributed by atoms with Gasteiger partial charge in [-0.2, -0.15) is 0 Å². The average Bonchev–Trinajstić information content (AvgIpc) is 2.57. The first-order valence-corrected chi connectivity index (χ1v) is 8.71. The molecule has 5 heteroatoms. The number of benzene rings is 2. The van der Waals surface area contributed by atoms with E-state index in [1.807, 2.05) is 18.2 Å². The summed E-state index contributed by atoms with van der Waals surface area (Å²) in [6.07, 6.45) is 2.50. The smallest absolute Gasteiger partial charge is 0.311 e. The van der Waals surface area contributed by atoms with Crippen LogP contribution >= 0.6 is 11.6 Å². The maximum absolute atomic E-state index is 12.0. The first-order chi connectivity index (χ1) is 12.1. The molecule has 0 saturated carbocycles. The lowest BCUT2D eigenvalue weighted by atomic mass is 10.1. The topological polar surface area (TPSA) is 52.6 Å². The Bertz CT molecular complexity index is 727. The third-order valence-corrected chi connectivity index (χ3v) is 3.74. The van der Waals surface area contributed by atoms with Gasteiger partial charge in [-0.05, 0) is 42.7 Å². The normalized spacial score (nSPS) is 10.3. The summed E-state index contributed by atoms with van der Waals surface area (Å²) in [5, 5.41) is 0.500. The van der Waals surface area contributed by atoms with Crippen LogP contribution in [0.5, 0.6) is 11.5 Å². The van der Waals surface area contributed by atoms with E-state index in [-0.39, 0.29) is 18.8 Å². The molecule has 25 heavy (non-hydrogen) atoms. The minimum absolute atomic E-state index is 0.137. The Balaban J connectivity index is 1.76. The zero-order chi connectivity index (χ0) is 18.1. The summed E-state index contributed by atoms with van der Waals surface area (Å²) in [5.74, 6) is 0.241. The standard InChI is InChI=1S/C20H21ClO4/c1-2-7-15-8-3-4-11-18(15)25-20(23)13-6-12-19(22)24-17-10-5-9-16(21)14-17/h3-5,8-11,14H,2,6-7,12-13H2,1H3. The van der Waals surface area contributed by atoms with Crippen LogP contribution < -0.4 is 9.47 Å². The molecule has 0 aliphatic carbocycles. The Kier molecular flexibility index (Phi) is 7.48. The van der Waals surface area contributed by atoms with Gasteiger partial charge < -0.3 is 9.47 Å². The highest BCUT2D eigenvalue weighted by Gasteiger charge is 2.11. The second-order valence-corrected chi connectivity index (χ2v) is 6.05. The molecule has 2 aromatic rings. The first kappa shape index (κ1) is 19.0. The second-order valence-electron chi connectivity index (χ2n) is 5.62. The van der Waals surface area contributed by atoms with Gasteiger partial charge in [0.05, 0.1) is 0 Å². The monoisotopic (exact) mass is 360 g/mol. The molecule has 2 aromatic carbocycles. The van der Waals surface area contributed by atoms with Gasteiger partial charge in [-0.3, -0.25) is 9.59 Å². The SMILES string of the molecule is CCCc1ccccc1OC(=O)CCCC(=O)Oc1cccc(Cl)c1. The number of esters is 2. The lowest BCUT2D eigenvalue weighted by molar-refractivity contribution is -0.136. The van der Waals surface area contributed by atoms with Gasteiger partial charge in [-0.15, -0.1) is 0 Å². The zero-order valence-electron chi connectivity index (χ0n) is 14.2. The predicted octanol–water partition coefficient (Wildman–Crippen LogP) is 4.97. The van der Waals surface area contributed by atoms with Crippen molar-refractivity contribution in [1.82, 2.24) is 0 Å². The third kappa shape index (κ3) is 6.59. The molecule has 0 N–H and O–H groups in total. The number of hydrogen-bond donors (Lipinski definition) is 0. The fraction of sp³-hybridized carbons (Fsp3) is 0.300. The van der Waals surface area contributed by atoms with Gasteiger partial charge in [0.15, 0.2) is 0 Å². The van der Waals surface area contributed by atoms with Crippen molar-refractivity contribution in [1.29, 1.82) is 0 Å². The molecule has 0 saturated heterocycles. The largest absolute Gasteiger partial charge is 0.426 e. The molecule has 0 aromatic heterocycles. The van der Waals surface area contributed by atoms with Crippen LogP contribution in [-0.2, 0) is 16.0 Å². The number of rotatable bonds is 8. The number of halogens is 1. The summed E-state index contributed by atoms with van der Waals surface area (Å²) >= 11 is 5.83. The predicted molar refractivity (Wildman–Crippen MR) is 97.0 cm³/mol. The van der Waals surface area contributed by atoms with Crippen molar-refractivity contribution < 1.29 is 19.1 Å². The Morgan fingerprint density at radius 1 is 0.960 bits per heavy atom. The lowest BCUT2D eigenvalue weighted by Crippen LogP contribution is -2.12. The van der Waals surface area contributed by atoms with Crippen molar-refractivity contribution in [2.75, 3.05) is 0 Å². The average molecular weight is 361 g/mol. The first-order valence-electron chi connectivity index (χ1n) is 8.33. The van der Waals surface area contributed by atoms with E-state index in [4.69, 9.17) is 21.1 Å². The van der Waals surface area contributed by atoms with Crippen LogP contribution in [0.3, 0.4) is 0 Å². The molecule has 0 radical (unpaired) electrons. The van der Waals surface area contributed by atoms with E-state index in [2.05, 4.69) is 6.92 Å². The molecule has 0 atom stereocenters. The van der Waals surface area contributed by atoms with Gasteiger partial charge in [0, 0.05) is 17.9 Å². The van der Waals surface area contributed by atoms with Gasteiger partial charge in [0.25, 0.3) is 0 Å². The number of aryl methyl sites for hydroxylation is 1. The Hall–Kier alpha value is -2.33. The molecule has 0 amide bonds. The van der Waals surface area contributed by atoms with Gasteiger partial charge in [0.2, 0.25) is 0 Å². The van der Waals surface area contributed by atoms with Crippen molar-refractivity contribution in [3.8, 4) is 11.5 Å². The number of hydrogen-bond acceptors (Lipinski definition) is 4. The molecular formula is C20H21ClO4. The number of ether oxygens (including phenoxy) is 2. The van der Waals surface area contributed by atoms with E-state index in [0.29, 0.717) is 22.9 Å². The highest BCUT2D eigenvalue weighted by molar-refractivity contribution is 6.30. The van der Waals surface area contributed by atoms with Crippen molar-refractivity contribution in [2.24, 2.45) is 0 Å². The zero-order valence-corrected chi connectivity index (χ0v) is 14.9. The van der Waals surface area contributed by atoms with Crippen molar-refractivity contribution in [3.05, 3.63) is 59.1 Å². The molecule has 0 bridgehead atoms. The summed E-state index contributed by atoms with van der Waals surface area (Å²) < 4.78 is 10.6. The molecular weight excluding hydrogens is 340 g/mol. The molecule has 0 unspecified atom stereocenters. The summed E-state index contributed by atoms with van der Waals surface area (Å²) in [6.45, 7) is 2.07. The Morgan fingerprint density at radius 3 is 2.40 bits per heavy atom. The molecule has 0 heterocycles. The molecule has 0 spiro atoms. The lowest BCUT2D eigenvalue weighted by Gasteiger charge is -2.09. The maximum atomic E-state index is 12.0. The van der Waals surface area contributed by atoms with Gasteiger partial charge in [-0.1, -0.05) is 49.2 Å². The molecule has 4 nitrogen and oxygen atoms in total. The van der Waals surface area contributed by atoms with E-state index < -0.39 is 5.97 Å². The summed E-state index contributed by atoms with van der Waals surface area (Å²) in [6, 6.07) is 14.1. The van der Waals surface area contributed by atoms with Crippen LogP contribution in [0, 0.1) is 0 Å². The minimum Gasteiger partial charge on any atom is -0.426 e. The van der Waals surface area contributed by atoms with Crippen LogP contribution in [0.25, 0.3) is 0 Å². The third-order valence-electron chi connectivity index (χ3n) is 3.51. The Labute approximate surface area is 152 Å². The molecule has 132 valence electrons. The van der Waals surface area contributed by atoms with Crippen molar-refractivity contribution >= 4 is 23.5 Å². The van der Waals surface area contributed by atoms with E-state index in [1.165, 1.54) is 0 Å². The van der Waals surface area contributed by atoms with Crippen molar-refractivity contribution in [3.63, 3.8) is 0 Å². The number of carbonyl (C=O) groups is 2. The van der Waals surface area contributed by atoms with Gasteiger partial charge >= 0.3 is 11.9 Å². The highest BCUT2D eigenvalue weighted by Crippen LogP contribution is 2.21. The molecule has 0 fully saturated rings. The van der Waals surface area contributed by atoms with Gasteiger partial charge in [0.1, 0.15) is 11.5 Å². The van der Waals surface area contributed by atoms with Gasteiger partial charge in [-0.25, -0.2) is 0 Å². The summed E-state index contributed by atoms with van der Waals surface area (Å²) in [7, 11) is 0.